The summed E-state index contributed by atoms with van der Waals surface area (Å²) in [6.07, 6.45) is 0. The Balaban J connectivity index is 3.40. The zero-order valence-electron chi connectivity index (χ0n) is 8.52. The van der Waals surface area contributed by atoms with E-state index in [1.807, 2.05) is 0 Å². The average molecular weight is 246 g/mol. The van der Waals surface area contributed by atoms with E-state index < -0.39 is 10.9 Å². The van der Waals surface area contributed by atoms with Gasteiger partial charge in [-0.25, -0.2) is 4.79 Å². The zero-order valence-corrected chi connectivity index (χ0v) is 9.28. The van der Waals surface area contributed by atoms with Gasteiger partial charge in [0.2, 0.25) is 0 Å². The van der Waals surface area contributed by atoms with Crippen LogP contribution in [0.5, 0.6) is 5.75 Å². The van der Waals surface area contributed by atoms with Gasteiger partial charge in [0.1, 0.15) is 5.56 Å². The highest BCUT2D eigenvalue weighted by Crippen LogP contribution is 2.36. The SMILES string of the molecule is COC(=O)c1ccc([N+](=O)[O-])c(Cl)c1OC. The smallest absolute Gasteiger partial charge is 0.341 e. The van der Waals surface area contributed by atoms with E-state index in [2.05, 4.69) is 4.74 Å². The summed E-state index contributed by atoms with van der Waals surface area (Å²) in [5.41, 5.74) is -0.285. The molecule has 0 spiro atoms. The molecule has 0 bridgehead atoms. The number of rotatable bonds is 3. The summed E-state index contributed by atoms with van der Waals surface area (Å²) in [4.78, 5) is 21.2. The summed E-state index contributed by atoms with van der Waals surface area (Å²) in [6.45, 7) is 0. The Morgan fingerprint density at radius 2 is 2.06 bits per heavy atom. The van der Waals surface area contributed by atoms with Gasteiger partial charge >= 0.3 is 5.97 Å². The molecule has 6 nitrogen and oxygen atoms in total. The minimum atomic E-state index is -0.673. The quantitative estimate of drug-likeness (QED) is 0.463. The Morgan fingerprint density at radius 3 is 2.50 bits per heavy atom. The molecule has 0 amide bonds. The maximum absolute atomic E-state index is 11.3. The summed E-state index contributed by atoms with van der Waals surface area (Å²) in [6, 6.07) is 2.35. The third-order valence-corrected chi connectivity index (χ3v) is 2.25. The van der Waals surface area contributed by atoms with Crippen LogP contribution >= 0.6 is 11.6 Å². The van der Waals surface area contributed by atoms with Crippen molar-refractivity contribution in [3.05, 3.63) is 32.8 Å². The van der Waals surface area contributed by atoms with E-state index in [1.165, 1.54) is 20.3 Å². The molecular formula is C9H8ClNO5. The number of hydrogen-bond acceptors (Lipinski definition) is 5. The molecule has 0 N–H and O–H groups in total. The Labute approximate surface area is 95.9 Å². The van der Waals surface area contributed by atoms with E-state index in [1.54, 1.807) is 0 Å². The van der Waals surface area contributed by atoms with Crippen molar-refractivity contribution >= 4 is 23.3 Å². The summed E-state index contributed by atoms with van der Waals surface area (Å²) < 4.78 is 9.34. The predicted octanol–water partition coefficient (Wildman–Crippen LogP) is 2.04. The van der Waals surface area contributed by atoms with Gasteiger partial charge in [0.05, 0.1) is 19.1 Å². The Kier molecular flexibility index (Phi) is 3.68. The van der Waals surface area contributed by atoms with Crippen molar-refractivity contribution in [2.24, 2.45) is 0 Å². The Morgan fingerprint density at radius 1 is 1.44 bits per heavy atom. The molecule has 1 aromatic carbocycles. The number of halogens is 1. The van der Waals surface area contributed by atoms with Crippen molar-refractivity contribution in [3.8, 4) is 5.75 Å². The van der Waals surface area contributed by atoms with Crippen LogP contribution in [-0.2, 0) is 4.74 Å². The van der Waals surface area contributed by atoms with Crippen molar-refractivity contribution in [2.75, 3.05) is 14.2 Å². The molecule has 0 heterocycles. The maximum Gasteiger partial charge on any atom is 0.341 e. The molecule has 7 heteroatoms. The predicted molar refractivity (Wildman–Crippen MR) is 56.0 cm³/mol. The Bertz CT molecular complexity index is 446. The number of ether oxygens (including phenoxy) is 2. The molecule has 0 saturated heterocycles. The number of carbonyl (C=O) groups excluding carboxylic acids is 1. The molecule has 0 aliphatic rings. The van der Waals surface area contributed by atoms with Crippen LogP contribution in [0, 0.1) is 10.1 Å². The summed E-state index contributed by atoms with van der Waals surface area (Å²) >= 11 is 5.74. The third-order valence-electron chi connectivity index (χ3n) is 1.88. The number of methoxy groups -OCH3 is 2. The summed E-state index contributed by atoms with van der Waals surface area (Å²) in [7, 11) is 2.45. The number of nitrogens with zero attached hydrogens (tertiary/aromatic N) is 1. The van der Waals surface area contributed by atoms with Gasteiger partial charge in [0.15, 0.2) is 10.8 Å². The molecule has 0 aliphatic carbocycles. The van der Waals surface area contributed by atoms with Crippen molar-refractivity contribution in [1.29, 1.82) is 0 Å². The van der Waals surface area contributed by atoms with Crippen LogP contribution in [-0.4, -0.2) is 25.1 Å². The molecule has 0 aliphatic heterocycles. The topological polar surface area (TPSA) is 78.7 Å². The second kappa shape index (κ2) is 4.80. The highest BCUT2D eigenvalue weighted by molar-refractivity contribution is 6.34. The van der Waals surface area contributed by atoms with Gasteiger partial charge < -0.3 is 9.47 Å². The first-order valence-corrected chi connectivity index (χ1v) is 4.50. The first-order valence-electron chi connectivity index (χ1n) is 4.12. The molecular weight excluding hydrogens is 238 g/mol. The largest absolute Gasteiger partial charge is 0.494 e. The van der Waals surface area contributed by atoms with Crippen LogP contribution < -0.4 is 4.74 Å². The first kappa shape index (κ1) is 12.3. The number of hydrogen-bond donors (Lipinski definition) is 0. The minimum Gasteiger partial charge on any atom is -0.494 e. The fraction of sp³-hybridized carbons (Fsp3) is 0.222. The van der Waals surface area contributed by atoms with Crippen LogP contribution in [0.1, 0.15) is 10.4 Å². The number of nitro groups is 1. The van der Waals surface area contributed by atoms with Gasteiger partial charge in [-0.2, -0.15) is 0 Å². The molecule has 0 unspecified atom stereocenters. The van der Waals surface area contributed by atoms with Gasteiger partial charge in [-0.1, -0.05) is 11.6 Å². The second-order valence-electron chi connectivity index (χ2n) is 2.73. The van der Waals surface area contributed by atoms with Crippen LogP contribution in [0.4, 0.5) is 5.69 Å². The van der Waals surface area contributed by atoms with Crippen LogP contribution in [0.2, 0.25) is 5.02 Å². The van der Waals surface area contributed by atoms with Crippen molar-refractivity contribution in [1.82, 2.24) is 0 Å². The third kappa shape index (κ3) is 2.06. The Hall–Kier alpha value is -1.82. The van der Waals surface area contributed by atoms with Crippen LogP contribution in [0.25, 0.3) is 0 Å². The first-order chi connectivity index (χ1) is 7.52. The zero-order chi connectivity index (χ0) is 12.3. The number of benzene rings is 1. The van der Waals surface area contributed by atoms with Gasteiger partial charge in [-0.05, 0) is 6.07 Å². The van der Waals surface area contributed by atoms with Gasteiger partial charge in [-0.15, -0.1) is 0 Å². The monoisotopic (exact) mass is 245 g/mol. The lowest BCUT2D eigenvalue weighted by Crippen LogP contribution is -2.05. The number of nitro benzene ring substituents is 1. The lowest BCUT2D eigenvalue weighted by molar-refractivity contribution is -0.384. The fourth-order valence-electron chi connectivity index (χ4n) is 1.16. The molecule has 1 rings (SSSR count). The van der Waals surface area contributed by atoms with E-state index in [4.69, 9.17) is 16.3 Å². The maximum atomic E-state index is 11.3. The van der Waals surface area contributed by atoms with E-state index in [9.17, 15) is 14.9 Å². The van der Waals surface area contributed by atoms with Crippen LogP contribution in [0.15, 0.2) is 12.1 Å². The van der Waals surface area contributed by atoms with E-state index in [0.29, 0.717) is 0 Å². The number of carbonyl (C=O) groups is 1. The van der Waals surface area contributed by atoms with E-state index >= 15 is 0 Å². The molecule has 0 radical (unpaired) electrons. The second-order valence-corrected chi connectivity index (χ2v) is 3.11. The highest BCUT2D eigenvalue weighted by atomic mass is 35.5. The van der Waals surface area contributed by atoms with Crippen molar-refractivity contribution in [2.45, 2.75) is 0 Å². The lowest BCUT2D eigenvalue weighted by Gasteiger charge is -2.08. The number of esters is 1. The lowest BCUT2D eigenvalue weighted by atomic mass is 10.2. The van der Waals surface area contributed by atoms with E-state index in [-0.39, 0.29) is 22.0 Å². The van der Waals surface area contributed by atoms with E-state index in [0.717, 1.165) is 6.07 Å². The van der Waals surface area contributed by atoms with Crippen LogP contribution in [0.3, 0.4) is 0 Å². The van der Waals surface area contributed by atoms with Gasteiger partial charge in [-0.3, -0.25) is 10.1 Å². The summed E-state index contributed by atoms with van der Waals surface area (Å²) in [5.74, 6) is -0.739. The fourth-order valence-corrected chi connectivity index (χ4v) is 1.47. The molecule has 1 aromatic rings. The summed E-state index contributed by atoms with van der Waals surface area (Å²) in [5, 5.41) is 10.4. The van der Waals surface area contributed by atoms with Crippen molar-refractivity contribution < 1.29 is 19.2 Å². The molecule has 0 fully saturated rings. The molecule has 0 aromatic heterocycles. The molecule has 86 valence electrons. The van der Waals surface area contributed by atoms with Crippen molar-refractivity contribution in [3.63, 3.8) is 0 Å². The normalized spacial score (nSPS) is 9.69. The standard InChI is InChI=1S/C9H8ClNO5/c1-15-8-5(9(12)16-2)3-4-6(7(8)10)11(13)14/h3-4H,1-2H3. The molecule has 0 atom stereocenters. The van der Waals surface area contributed by atoms with Gasteiger partial charge in [0, 0.05) is 6.07 Å². The minimum absolute atomic E-state index is 0.0422. The molecule has 0 saturated carbocycles. The average Bonchev–Trinajstić information content (AvgIpc) is 2.26. The molecule has 16 heavy (non-hydrogen) atoms. The highest BCUT2D eigenvalue weighted by Gasteiger charge is 2.23. The van der Waals surface area contributed by atoms with Gasteiger partial charge in [0.25, 0.3) is 5.69 Å².